The van der Waals surface area contributed by atoms with Crippen molar-refractivity contribution in [2.24, 2.45) is 0 Å². The van der Waals surface area contributed by atoms with Gasteiger partial charge in [0.15, 0.2) is 0 Å². The van der Waals surface area contributed by atoms with Crippen LogP contribution in [0.15, 0.2) is 42.6 Å². The number of halogens is 2. The third kappa shape index (κ3) is 3.65. The van der Waals surface area contributed by atoms with Gasteiger partial charge in [-0.1, -0.05) is 29.3 Å². The standard InChI is InChI=1S/C18H13Cl2N3O4/c1-9(24)22-16(11-5-4-10(19)7-14(11)20)13-8-15(23(26)27)12-3-2-6-21-17(12)18(13)25/h2-8,16,25H,1H3,(H,22,24). The zero-order valence-electron chi connectivity index (χ0n) is 13.9. The van der Waals surface area contributed by atoms with Crippen LogP contribution >= 0.6 is 23.2 Å². The number of rotatable bonds is 4. The molecule has 0 aliphatic carbocycles. The Hall–Kier alpha value is -2.90. The molecule has 0 fully saturated rings. The molecule has 1 unspecified atom stereocenters. The second-order valence-electron chi connectivity index (χ2n) is 5.79. The van der Waals surface area contributed by atoms with Gasteiger partial charge in [-0.25, -0.2) is 0 Å². The molecule has 1 atom stereocenters. The van der Waals surface area contributed by atoms with E-state index in [0.717, 1.165) is 0 Å². The number of carbonyl (C=O) groups excluding carboxylic acids is 1. The number of fused-ring (bicyclic) bond motifs is 1. The molecular formula is C18H13Cl2N3O4. The molecule has 0 aliphatic rings. The van der Waals surface area contributed by atoms with Crippen molar-refractivity contribution in [2.45, 2.75) is 13.0 Å². The van der Waals surface area contributed by atoms with Gasteiger partial charge in [-0.2, -0.15) is 0 Å². The highest BCUT2D eigenvalue weighted by Gasteiger charge is 2.27. The van der Waals surface area contributed by atoms with E-state index in [1.807, 2.05) is 0 Å². The topological polar surface area (TPSA) is 105 Å². The summed E-state index contributed by atoms with van der Waals surface area (Å²) >= 11 is 12.2. The molecule has 1 aromatic heterocycles. The molecule has 9 heteroatoms. The summed E-state index contributed by atoms with van der Waals surface area (Å²) in [5.74, 6) is -0.685. The van der Waals surface area contributed by atoms with Crippen LogP contribution in [0.5, 0.6) is 5.75 Å². The first kappa shape index (κ1) is 18.9. The van der Waals surface area contributed by atoms with Gasteiger partial charge in [0.1, 0.15) is 11.3 Å². The molecule has 2 N–H and O–H groups in total. The number of non-ortho nitro benzene ring substituents is 1. The lowest BCUT2D eigenvalue weighted by Gasteiger charge is -2.21. The molecule has 0 saturated heterocycles. The van der Waals surface area contributed by atoms with Gasteiger partial charge in [0.25, 0.3) is 5.69 Å². The first-order chi connectivity index (χ1) is 12.8. The number of benzene rings is 2. The second-order valence-corrected chi connectivity index (χ2v) is 6.63. The van der Waals surface area contributed by atoms with Crippen LogP contribution in [0.25, 0.3) is 10.9 Å². The van der Waals surface area contributed by atoms with Gasteiger partial charge in [-0.3, -0.25) is 19.9 Å². The van der Waals surface area contributed by atoms with Gasteiger partial charge in [0.2, 0.25) is 5.91 Å². The van der Waals surface area contributed by atoms with Crippen molar-refractivity contribution in [1.29, 1.82) is 0 Å². The Labute approximate surface area is 163 Å². The van der Waals surface area contributed by atoms with Gasteiger partial charge in [0.05, 0.1) is 16.4 Å². The molecule has 0 spiro atoms. The summed E-state index contributed by atoms with van der Waals surface area (Å²) in [7, 11) is 0. The van der Waals surface area contributed by atoms with Crippen molar-refractivity contribution in [3.63, 3.8) is 0 Å². The number of nitro benzene ring substituents is 1. The van der Waals surface area contributed by atoms with E-state index in [4.69, 9.17) is 23.2 Å². The van der Waals surface area contributed by atoms with Crippen LogP contribution in [0.3, 0.4) is 0 Å². The van der Waals surface area contributed by atoms with Crippen LogP contribution in [-0.2, 0) is 4.79 Å². The van der Waals surface area contributed by atoms with Crippen LogP contribution in [0.4, 0.5) is 5.69 Å². The fourth-order valence-corrected chi connectivity index (χ4v) is 3.38. The van der Waals surface area contributed by atoms with Crippen LogP contribution in [0.2, 0.25) is 10.0 Å². The predicted octanol–water partition coefficient (Wildman–Crippen LogP) is 4.38. The minimum absolute atomic E-state index is 0.0575. The molecule has 3 rings (SSSR count). The lowest BCUT2D eigenvalue weighted by molar-refractivity contribution is -0.383. The highest BCUT2D eigenvalue weighted by molar-refractivity contribution is 6.35. The summed E-state index contributed by atoms with van der Waals surface area (Å²) in [6, 6.07) is 7.95. The van der Waals surface area contributed by atoms with Crippen LogP contribution < -0.4 is 5.32 Å². The van der Waals surface area contributed by atoms with E-state index in [1.54, 1.807) is 12.1 Å². The van der Waals surface area contributed by atoms with Crippen LogP contribution in [0, 0.1) is 10.1 Å². The third-order valence-electron chi connectivity index (χ3n) is 4.00. The van der Waals surface area contributed by atoms with E-state index in [1.165, 1.54) is 37.4 Å². The van der Waals surface area contributed by atoms with Crippen molar-refractivity contribution in [1.82, 2.24) is 10.3 Å². The Morgan fingerprint density at radius 2 is 2.00 bits per heavy atom. The molecule has 27 heavy (non-hydrogen) atoms. The summed E-state index contributed by atoms with van der Waals surface area (Å²) in [6.45, 7) is 1.29. The van der Waals surface area contributed by atoms with Crippen LogP contribution in [0.1, 0.15) is 24.1 Å². The van der Waals surface area contributed by atoms with Gasteiger partial charge in [-0.15, -0.1) is 0 Å². The summed E-state index contributed by atoms with van der Waals surface area (Å²) in [5.41, 5.74) is 0.344. The highest BCUT2D eigenvalue weighted by atomic mass is 35.5. The Kier molecular flexibility index (Phi) is 5.16. The third-order valence-corrected chi connectivity index (χ3v) is 4.56. The Morgan fingerprint density at radius 3 is 2.63 bits per heavy atom. The molecular weight excluding hydrogens is 393 g/mol. The number of nitrogens with zero attached hydrogens (tertiary/aromatic N) is 2. The van der Waals surface area contributed by atoms with Crippen molar-refractivity contribution in [2.75, 3.05) is 0 Å². The molecule has 3 aromatic rings. The fraction of sp³-hybridized carbons (Fsp3) is 0.111. The summed E-state index contributed by atoms with van der Waals surface area (Å²) in [5, 5.41) is 25.8. The highest BCUT2D eigenvalue weighted by Crippen LogP contribution is 2.41. The number of carbonyl (C=O) groups is 1. The van der Waals surface area contributed by atoms with Crippen molar-refractivity contribution >= 4 is 45.7 Å². The Morgan fingerprint density at radius 1 is 1.26 bits per heavy atom. The first-order valence-corrected chi connectivity index (χ1v) is 8.52. The quantitative estimate of drug-likeness (QED) is 0.494. The number of pyridine rings is 1. The zero-order valence-corrected chi connectivity index (χ0v) is 15.5. The van der Waals surface area contributed by atoms with Gasteiger partial charge < -0.3 is 10.4 Å². The van der Waals surface area contributed by atoms with Crippen molar-refractivity contribution in [3.8, 4) is 5.75 Å². The maximum atomic E-state index is 11.8. The van der Waals surface area contributed by atoms with Crippen molar-refractivity contribution < 1.29 is 14.8 Å². The lowest BCUT2D eigenvalue weighted by Crippen LogP contribution is -2.27. The van der Waals surface area contributed by atoms with E-state index in [9.17, 15) is 20.0 Å². The molecule has 2 aromatic carbocycles. The Balaban J connectivity index is 2.32. The molecule has 1 heterocycles. The molecule has 0 radical (unpaired) electrons. The zero-order chi connectivity index (χ0) is 19.7. The SMILES string of the molecule is CC(=O)NC(c1ccc(Cl)cc1Cl)c1cc([N+](=O)[O-])c2cccnc2c1O. The second kappa shape index (κ2) is 7.38. The predicted molar refractivity (Wildman–Crippen MR) is 102 cm³/mol. The van der Waals surface area contributed by atoms with E-state index in [0.29, 0.717) is 10.6 Å². The molecule has 138 valence electrons. The van der Waals surface area contributed by atoms with E-state index >= 15 is 0 Å². The number of nitro groups is 1. The molecule has 0 saturated carbocycles. The van der Waals surface area contributed by atoms with E-state index in [-0.39, 0.29) is 32.9 Å². The number of hydrogen-bond donors (Lipinski definition) is 2. The monoisotopic (exact) mass is 405 g/mol. The van der Waals surface area contributed by atoms with Gasteiger partial charge in [0, 0.05) is 34.8 Å². The average Bonchev–Trinajstić information content (AvgIpc) is 2.60. The lowest BCUT2D eigenvalue weighted by atomic mass is 9.95. The maximum absolute atomic E-state index is 11.8. The average molecular weight is 406 g/mol. The number of phenols is 1. The van der Waals surface area contributed by atoms with E-state index < -0.39 is 16.9 Å². The van der Waals surface area contributed by atoms with Gasteiger partial charge >= 0.3 is 0 Å². The number of amides is 1. The summed E-state index contributed by atoms with van der Waals surface area (Å²) in [6.07, 6.45) is 1.41. The normalized spacial score (nSPS) is 12.0. The number of nitrogens with one attached hydrogen (secondary N) is 1. The molecule has 7 nitrogen and oxygen atoms in total. The smallest absolute Gasteiger partial charge is 0.279 e. The fourth-order valence-electron chi connectivity index (χ4n) is 2.86. The summed E-state index contributed by atoms with van der Waals surface area (Å²) in [4.78, 5) is 26.8. The Bertz CT molecular complexity index is 1070. The molecule has 0 aliphatic heterocycles. The number of aromatic nitrogens is 1. The minimum atomic E-state index is -0.933. The largest absolute Gasteiger partial charge is 0.505 e. The first-order valence-electron chi connectivity index (χ1n) is 7.76. The molecule has 0 bridgehead atoms. The number of phenolic OH excluding ortho intramolecular Hbond substituents is 1. The maximum Gasteiger partial charge on any atom is 0.279 e. The number of aromatic hydroxyl groups is 1. The van der Waals surface area contributed by atoms with Crippen molar-refractivity contribution in [3.05, 3.63) is 73.9 Å². The minimum Gasteiger partial charge on any atom is -0.505 e. The summed E-state index contributed by atoms with van der Waals surface area (Å²) < 4.78 is 0. The number of hydrogen-bond acceptors (Lipinski definition) is 5. The van der Waals surface area contributed by atoms with Gasteiger partial charge in [-0.05, 0) is 29.8 Å². The molecule has 1 amide bonds. The van der Waals surface area contributed by atoms with E-state index in [2.05, 4.69) is 10.3 Å². The van der Waals surface area contributed by atoms with Crippen LogP contribution in [-0.4, -0.2) is 20.9 Å².